The van der Waals surface area contributed by atoms with E-state index in [1.54, 1.807) is 42.6 Å². The summed E-state index contributed by atoms with van der Waals surface area (Å²) < 4.78 is 6.11. The maximum absolute atomic E-state index is 9.59. The number of phenols is 1. The van der Waals surface area contributed by atoms with E-state index in [2.05, 4.69) is 22.0 Å². The lowest BCUT2D eigenvalue weighted by Crippen LogP contribution is -2.04. The minimum atomic E-state index is 0.169. The van der Waals surface area contributed by atoms with Crippen molar-refractivity contribution in [3.8, 4) is 29.0 Å². The average Bonchev–Trinajstić information content (AvgIpc) is 2.81. The second kappa shape index (κ2) is 7.69. The highest BCUT2D eigenvalue weighted by molar-refractivity contribution is 5.85. The molecule has 3 aromatic carbocycles. The first-order chi connectivity index (χ1) is 15.2. The largest absolute Gasteiger partial charge is 0.508 e. The van der Waals surface area contributed by atoms with Gasteiger partial charge in [-0.3, -0.25) is 4.98 Å². The fraction of sp³-hybridized carbons (Fsp3) is 0. The minimum absolute atomic E-state index is 0.169. The number of phenolic OH excluding ortho intramolecular Hbond substituents is 1. The number of fused-ring (bicyclic) bond motifs is 2. The van der Waals surface area contributed by atoms with Crippen molar-refractivity contribution in [2.75, 3.05) is 0 Å². The Morgan fingerprint density at radius 1 is 0.806 bits per heavy atom. The van der Waals surface area contributed by atoms with Gasteiger partial charge in [-0.25, -0.2) is 0 Å². The van der Waals surface area contributed by atoms with Gasteiger partial charge in [-0.1, -0.05) is 47.3 Å². The molecule has 0 amide bonds. The maximum Gasteiger partial charge on any atom is 0.155 e. The molecule has 0 aliphatic carbocycles. The zero-order valence-electron chi connectivity index (χ0n) is 16.3. The summed E-state index contributed by atoms with van der Waals surface area (Å²) in [5.74, 6) is 6.75. The van der Waals surface area contributed by atoms with Crippen LogP contribution in [-0.4, -0.2) is 15.3 Å². The monoisotopic (exact) mass is 404 g/mol. The number of nitrogens with zero attached hydrogens (tertiary/aromatic N) is 2. The van der Waals surface area contributed by atoms with Crippen LogP contribution in [0.1, 0.15) is 11.1 Å². The predicted molar refractivity (Wildman–Crippen MR) is 118 cm³/mol. The third kappa shape index (κ3) is 3.70. The highest BCUT2D eigenvalue weighted by Crippen LogP contribution is 2.24. The van der Waals surface area contributed by atoms with Crippen LogP contribution >= 0.6 is 0 Å². The summed E-state index contributed by atoms with van der Waals surface area (Å²) in [7, 11) is 0. The Morgan fingerprint density at radius 3 is 2.42 bits per heavy atom. The van der Waals surface area contributed by atoms with E-state index in [0.717, 1.165) is 16.3 Å². The highest BCUT2D eigenvalue weighted by Gasteiger charge is 2.09. The Bertz CT molecular complexity index is 1570. The van der Waals surface area contributed by atoms with Gasteiger partial charge in [-0.2, -0.15) is 0 Å². The van der Waals surface area contributed by atoms with E-state index in [4.69, 9.17) is 4.42 Å². The lowest BCUT2D eigenvalue weighted by molar-refractivity contribution is 0.302. The Morgan fingerprint density at radius 2 is 1.61 bits per heavy atom. The van der Waals surface area contributed by atoms with Gasteiger partial charge in [0.2, 0.25) is 0 Å². The summed E-state index contributed by atoms with van der Waals surface area (Å²) in [4.78, 5) is 4.50. The molecule has 2 aromatic heterocycles. The number of aromatic nitrogens is 1. The quantitative estimate of drug-likeness (QED) is 0.233. The zero-order valence-corrected chi connectivity index (χ0v) is 16.3. The van der Waals surface area contributed by atoms with Crippen LogP contribution in [0, 0.1) is 11.8 Å². The van der Waals surface area contributed by atoms with Gasteiger partial charge in [0.05, 0.1) is 0 Å². The van der Waals surface area contributed by atoms with E-state index in [0.29, 0.717) is 33.3 Å². The first-order valence-corrected chi connectivity index (χ1v) is 9.62. The molecule has 2 heterocycles. The summed E-state index contributed by atoms with van der Waals surface area (Å²) >= 11 is 0. The third-order valence-corrected chi connectivity index (χ3v) is 4.93. The van der Waals surface area contributed by atoms with Crippen molar-refractivity contribution < 1.29 is 14.7 Å². The summed E-state index contributed by atoms with van der Waals surface area (Å²) in [5, 5.41) is 25.7. The molecular formula is C26H16N2O3. The Hall–Kier alpha value is -4.56. The molecular weight excluding hydrogens is 388 g/mol. The second-order valence-electron chi connectivity index (χ2n) is 7.02. The summed E-state index contributed by atoms with van der Waals surface area (Å²) in [6, 6.07) is 23.7. The smallest absolute Gasteiger partial charge is 0.155 e. The molecule has 31 heavy (non-hydrogen) atoms. The Labute approximate surface area is 177 Å². The Kier molecular flexibility index (Phi) is 4.58. The van der Waals surface area contributed by atoms with Gasteiger partial charge in [0.25, 0.3) is 0 Å². The van der Waals surface area contributed by atoms with Crippen LogP contribution in [-0.2, 0) is 0 Å². The van der Waals surface area contributed by atoms with E-state index < -0.39 is 0 Å². The molecule has 0 atom stereocenters. The summed E-state index contributed by atoms with van der Waals surface area (Å²) in [5.41, 5.74) is 2.61. The molecule has 0 aliphatic heterocycles. The topological polar surface area (TPSA) is 78.9 Å². The molecule has 0 saturated carbocycles. The van der Waals surface area contributed by atoms with Gasteiger partial charge in [-0.15, -0.1) is 0 Å². The van der Waals surface area contributed by atoms with Crippen molar-refractivity contribution >= 4 is 21.7 Å². The van der Waals surface area contributed by atoms with Crippen molar-refractivity contribution in [1.29, 1.82) is 0 Å². The fourth-order valence-corrected chi connectivity index (χ4v) is 3.40. The predicted octanol–water partition coefficient (Wildman–Crippen LogP) is 5.04. The van der Waals surface area contributed by atoms with Gasteiger partial charge >= 0.3 is 0 Å². The van der Waals surface area contributed by atoms with E-state index >= 15 is 0 Å². The molecule has 5 nitrogen and oxygen atoms in total. The van der Waals surface area contributed by atoms with E-state index in [9.17, 15) is 10.3 Å². The number of rotatable bonds is 1. The van der Waals surface area contributed by atoms with E-state index in [1.807, 2.05) is 42.5 Å². The molecule has 148 valence electrons. The molecule has 0 spiro atoms. The number of aromatic hydroxyl groups is 1. The second-order valence-corrected chi connectivity index (χ2v) is 7.02. The zero-order chi connectivity index (χ0) is 21.2. The van der Waals surface area contributed by atoms with Crippen LogP contribution in [0.4, 0.5) is 0 Å². The number of hydrogen-bond donors (Lipinski definition) is 2. The van der Waals surface area contributed by atoms with E-state index in [-0.39, 0.29) is 5.75 Å². The number of benzene rings is 3. The highest BCUT2D eigenvalue weighted by atomic mass is 16.4. The van der Waals surface area contributed by atoms with Crippen LogP contribution < -0.4 is 5.36 Å². The number of hydrogen-bond acceptors (Lipinski definition) is 5. The Balaban J connectivity index is 1.62. The molecule has 0 bridgehead atoms. The summed E-state index contributed by atoms with van der Waals surface area (Å²) in [6.45, 7) is 0. The van der Waals surface area contributed by atoms with Crippen molar-refractivity contribution in [3.63, 3.8) is 0 Å². The van der Waals surface area contributed by atoms with E-state index in [1.165, 1.54) is 0 Å². The molecule has 5 aromatic rings. The first-order valence-electron chi connectivity index (χ1n) is 9.62. The van der Waals surface area contributed by atoms with Crippen LogP contribution in [0.15, 0.2) is 94.6 Å². The molecule has 0 saturated heterocycles. The van der Waals surface area contributed by atoms with Gasteiger partial charge in [0.15, 0.2) is 5.76 Å². The normalized spacial score (nSPS) is 11.4. The van der Waals surface area contributed by atoms with Gasteiger partial charge in [0, 0.05) is 34.2 Å². The molecule has 0 radical (unpaired) electrons. The number of pyridine rings is 1. The molecule has 0 fully saturated rings. The minimum Gasteiger partial charge on any atom is -0.508 e. The van der Waals surface area contributed by atoms with Crippen molar-refractivity contribution in [2.45, 2.75) is 0 Å². The van der Waals surface area contributed by atoms with Gasteiger partial charge < -0.3 is 14.7 Å². The molecule has 5 rings (SSSR count). The van der Waals surface area contributed by atoms with Gasteiger partial charge in [-0.05, 0) is 47.9 Å². The SMILES string of the molecule is ON=c1cc(-c2cc3ccccc3cn2)oc2cc(C#Cc3cccc(O)c3)ccc12. The van der Waals surface area contributed by atoms with Crippen LogP contribution in [0.25, 0.3) is 33.2 Å². The summed E-state index contributed by atoms with van der Waals surface area (Å²) in [6.07, 6.45) is 1.79. The lowest BCUT2D eigenvalue weighted by atomic mass is 10.1. The van der Waals surface area contributed by atoms with Crippen molar-refractivity contribution in [2.24, 2.45) is 5.16 Å². The molecule has 0 unspecified atom stereocenters. The van der Waals surface area contributed by atoms with Crippen LogP contribution in [0.3, 0.4) is 0 Å². The average molecular weight is 404 g/mol. The fourth-order valence-electron chi connectivity index (χ4n) is 3.40. The molecule has 2 N–H and O–H groups in total. The third-order valence-electron chi connectivity index (χ3n) is 4.93. The lowest BCUT2D eigenvalue weighted by Gasteiger charge is -2.05. The van der Waals surface area contributed by atoms with Crippen molar-refractivity contribution in [1.82, 2.24) is 4.98 Å². The standard InChI is InChI=1S/C26H16N2O3/c29-21-7-3-4-17(12-21)8-9-18-10-11-22-23(28-30)15-26(31-25(22)13-18)24-14-19-5-1-2-6-20(19)16-27-24/h1-7,10-16,29-30H. The van der Waals surface area contributed by atoms with Crippen LogP contribution in [0.5, 0.6) is 5.75 Å². The first kappa shape index (κ1) is 18.5. The van der Waals surface area contributed by atoms with Crippen LogP contribution in [0.2, 0.25) is 0 Å². The maximum atomic E-state index is 9.59. The van der Waals surface area contributed by atoms with Gasteiger partial charge in [0.1, 0.15) is 22.4 Å². The molecule has 5 heteroatoms. The molecule has 0 aliphatic rings. The van der Waals surface area contributed by atoms with Crippen molar-refractivity contribution in [3.05, 3.63) is 102 Å².